The summed E-state index contributed by atoms with van der Waals surface area (Å²) in [5, 5.41) is 24.9. The Labute approximate surface area is 339 Å². The van der Waals surface area contributed by atoms with Gasteiger partial charge in [-0.05, 0) is 50.0 Å². The van der Waals surface area contributed by atoms with Crippen molar-refractivity contribution in [3.63, 3.8) is 0 Å². The molecule has 0 saturated carbocycles. The average Bonchev–Trinajstić information content (AvgIpc) is 3.64. The van der Waals surface area contributed by atoms with Crippen LogP contribution in [0.15, 0.2) is 30.3 Å². The third kappa shape index (κ3) is 15.6. The number of carboxylic acid groups (broad SMARTS) is 1. The first-order valence-corrected chi connectivity index (χ1v) is 20.0. The third-order valence-electron chi connectivity index (χ3n) is 8.97. The molecule has 7 unspecified atom stereocenters. The monoisotopic (exact) mass is 822 g/mol. The van der Waals surface area contributed by atoms with Crippen LogP contribution < -0.4 is 37.6 Å². The Hall–Kier alpha value is -4.36. The molecule has 7 atom stereocenters. The molecule has 1 aromatic carbocycles. The molecule has 17 nitrogen and oxygen atoms in total. The number of carboxylic acids is 1. The van der Waals surface area contributed by atoms with Crippen molar-refractivity contribution >= 4 is 72.6 Å². The summed E-state index contributed by atoms with van der Waals surface area (Å²) < 4.78 is 0. The topological polar surface area (TPSA) is 258 Å². The molecule has 0 aliphatic carbocycles. The second-order valence-electron chi connectivity index (χ2n) is 14.7. The van der Waals surface area contributed by atoms with E-state index in [1.54, 1.807) is 30.3 Å². The van der Waals surface area contributed by atoms with Crippen LogP contribution in [0.3, 0.4) is 0 Å². The van der Waals surface area contributed by atoms with Gasteiger partial charge in [-0.1, -0.05) is 58.0 Å². The van der Waals surface area contributed by atoms with Crippen molar-refractivity contribution < 1.29 is 43.5 Å². The minimum atomic E-state index is -1.22. The van der Waals surface area contributed by atoms with Gasteiger partial charge in [-0.15, -0.1) is 0 Å². The lowest BCUT2D eigenvalue weighted by Gasteiger charge is -2.27. The Bertz CT molecular complexity index is 1530. The molecule has 1 heterocycles. The Kier molecular flexibility index (Phi) is 20.2. The summed E-state index contributed by atoms with van der Waals surface area (Å²) >= 11 is 8.37. The molecule has 7 amide bonds. The molecule has 0 spiro atoms. The van der Waals surface area contributed by atoms with Crippen LogP contribution in [0.2, 0.25) is 0 Å². The third-order valence-corrected chi connectivity index (χ3v) is 9.70. The van der Waals surface area contributed by atoms with E-state index >= 15 is 0 Å². The SMILES string of the molecule is CC(C)CC(N)C(=O)NC(CS)C(=O)NC(C)C(=O)NCC(=O)N1CCCC1C(=O)NC(CS)C(=O)NC(Cc1ccccc1)C(=O)NC(CC(C)C)C(=O)O. The number of amides is 7. The molecule has 1 aliphatic rings. The number of hydrogen-bond donors (Lipinski definition) is 10. The first kappa shape index (κ1) is 47.8. The summed E-state index contributed by atoms with van der Waals surface area (Å²) in [7, 11) is 0. The number of nitrogens with one attached hydrogen (secondary N) is 6. The molecule has 1 fully saturated rings. The number of carbonyl (C=O) groups is 8. The second kappa shape index (κ2) is 23.6. The summed E-state index contributed by atoms with van der Waals surface area (Å²) in [6, 6.07) is 1.29. The van der Waals surface area contributed by atoms with Crippen LogP contribution in [-0.4, -0.2) is 124 Å². The maximum Gasteiger partial charge on any atom is 0.326 e. The van der Waals surface area contributed by atoms with Crippen LogP contribution in [0.1, 0.15) is 65.9 Å². The molecular weight excluding hydrogens is 765 g/mol. The van der Waals surface area contributed by atoms with Gasteiger partial charge in [0.2, 0.25) is 41.4 Å². The summed E-state index contributed by atoms with van der Waals surface area (Å²) in [6.07, 6.45) is 1.38. The Morgan fingerprint density at radius 1 is 0.732 bits per heavy atom. The number of hydrogen-bond acceptors (Lipinski definition) is 11. The second-order valence-corrected chi connectivity index (χ2v) is 15.4. The predicted molar refractivity (Wildman–Crippen MR) is 215 cm³/mol. The van der Waals surface area contributed by atoms with Gasteiger partial charge in [0.1, 0.15) is 36.3 Å². The minimum absolute atomic E-state index is 0.0328. The molecule has 312 valence electrons. The fourth-order valence-corrected chi connectivity index (χ4v) is 6.50. The highest BCUT2D eigenvalue weighted by Gasteiger charge is 2.37. The highest BCUT2D eigenvalue weighted by molar-refractivity contribution is 7.80. The Morgan fingerprint density at radius 2 is 1.27 bits per heavy atom. The van der Waals surface area contributed by atoms with Gasteiger partial charge in [0.15, 0.2) is 0 Å². The number of rotatable bonds is 22. The van der Waals surface area contributed by atoms with Gasteiger partial charge < -0.3 is 47.6 Å². The molecule has 56 heavy (non-hydrogen) atoms. The van der Waals surface area contributed by atoms with Gasteiger partial charge in [-0.3, -0.25) is 33.6 Å². The molecule has 9 N–H and O–H groups in total. The van der Waals surface area contributed by atoms with Gasteiger partial charge in [-0.2, -0.15) is 25.3 Å². The van der Waals surface area contributed by atoms with E-state index < -0.39 is 96.2 Å². The quantitative estimate of drug-likeness (QED) is 0.0648. The van der Waals surface area contributed by atoms with Crippen molar-refractivity contribution in [1.82, 2.24) is 36.8 Å². The first-order valence-electron chi connectivity index (χ1n) is 18.7. The summed E-state index contributed by atoms with van der Waals surface area (Å²) in [5.74, 6) is -5.84. The smallest absolute Gasteiger partial charge is 0.326 e. The van der Waals surface area contributed by atoms with Crippen molar-refractivity contribution in [2.24, 2.45) is 17.6 Å². The number of nitrogens with two attached hydrogens (primary N) is 1. The van der Waals surface area contributed by atoms with Gasteiger partial charge in [0.05, 0.1) is 12.6 Å². The van der Waals surface area contributed by atoms with E-state index in [9.17, 15) is 43.5 Å². The standard InChI is InChI=1S/C37H58N8O9S2/c1-20(2)14-24(38)32(48)43-27(18-55)34(50)40-22(5)31(47)39-17-30(46)45-13-9-12-29(45)36(52)44-28(19-56)35(51)41-25(16-23-10-7-6-8-11-23)33(49)42-26(37(53)54)15-21(3)4/h6-8,10-11,20-22,24-29,55-56H,9,12-19,38H2,1-5H3,(H,39,47)(H,40,50)(H,41,51)(H,42,49)(H,43,48)(H,44,52)(H,53,54). The molecule has 1 aromatic rings. The zero-order chi connectivity index (χ0) is 42.1. The maximum absolute atomic E-state index is 13.5. The highest BCUT2D eigenvalue weighted by Crippen LogP contribution is 2.18. The largest absolute Gasteiger partial charge is 0.480 e. The van der Waals surface area contributed by atoms with Crippen LogP contribution in [-0.2, 0) is 44.8 Å². The van der Waals surface area contributed by atoms with Crippen LogP contribution in [0.5, 0.6) is 0 Å². The lowest BCUT2D eigenvalue weighted by atomic mass is 10.0. The van der Waals surface area contributed by atoms with E-state index in [2.05, 4.69) is 57.2 Å². The number of carbonyl (C=O) groups excluding carboxylic acids is 7. The van der Waals surface area contributed by atoms with E-state index in [1.165, 1.54) is 11.8 Å². The summed E-state index contributed by atoms with van der Waals surface area (Å²) in [6.45, 7) is 8.58. The van der Waals surface area contributed by atoms with Crippen molar-refractivity contribution in [1.29, 1.82) is 0 Å². The van der Waals surface area contributed by atoms with Gasteiger partial charge in [0, 0.05) is 24.5 Å². The maximum atomic E-state index is 13.5. The number of nitrogens with zero attached hydrogens (tertiary/aromatic N) is 1. The van der Waals surface area contributed by atoms with Crippen molar-refractivity contribution in [3.05, 3.63) is 35.9 Å². The Morgan fingerprint density at radius 3 is 1.84 bits per heavy atom. The van der Waals surface area contributed by atoms with E-state index in [0.29, 0.717) is 18.4 Å². The van der Waals surface area contributed by atoms with Gasteiger partial charge in [-0.25, -0.2) is 4.79 Å². The zero-order valence-electron chi connectivity index (χ0n) is 32.6. The van der Waals surface area contributed by atoms with Crippen LogP contribution in [0, 0.1) is 11.8 Å². The highest BCUT2D eigenvalue weighted by atomic mass is 32.1. The van der Waals surface area contributed by atoms with E-state index in [4.69, 9.17) is 5.73 Å². The number of aliphatic carboxylic acids is 1. The first-order chi connectivity index (χ1) is 26.4. The van der Waals surface area contributed by atoms with E-state index in [1.807, 2.05) is 27.7 Å². The number of benzene rings is 1. The summed E-state index contributed by atoms with van der Waals surface area (Å²) in [4.78, 5) is 105. The minimum Gasteiger partial charge on any atom is -0.480 e. The molecule has 0 radical (unpaired) electrons. The normalized spacial score (nSPS) is 17.1. The number of thiol groups is 2. The molecule has 0 aromatic heterocycles. The lowest BCUT2D eigenvalue weighted by Crippen LogP contribution is -2.59. The van der Waals surface area contributed by atoms with Crippen LogP contribution in [0.25, 0.3) is 0 Å². The van der Waals surface area contributed by atoms with Crippen molar-refractivity contribution in [3.8, 4) is 0 Å². The van der Waals surface area contributed by atoms with Crippen molar-refractivity contribution in [2.45, 2.75) is 109 Å². The van der Waals surface area contributed by atoms with Gasteiger partial charge in [0.25, 0.3) is 0 Å². The number of likely N-dealkylation sites (tertiary alicyclic amines) is 1. The molecule has 1 saturated heterocycles. The fraction of sp³-hybridized carbons (Fsp3) is 0.622. The molecule has 0 bridgehead atoms. The zero-order valence-corrected chi connectivity index (χ0v) is 34.4. The van der Waals surface area contributed by atoms with Crippen molar-refractivity contribution in [2.75, 3.05) is 24.6 Å². The predicted octanol–water partition coefficient (Wildman–Crippen LogP) is -0.856. The molecular formula is C37H58N8O9S2. The van der Waals surface area contributed by atoms with E-state index in [-0.39, 0.29) is 49.1 Å². The Balaban J connectivity index is 2.02. The fourth-order valence-electron chi connectivity index (χ4n) is 5.98. The molecule has 19 heteroatoms. The summed E-state index contributed by atoms with van der Waals surface area (Å²) in [5.41, 5.74) is 6.60. The van der Waals surface area contributed by atoms with Gasteiger partial charge >= 0.3 is 5.97 Å². The molecule has 2 rings (SSSR count). The molecule has 1 aliphatic heterocycles. The van der Waals surface area contributed by atoms with Crippen LogP contribution in [0.4, 0.5) is 0 Å². The van der Waals surface area contributed by atoms with Crippen LogP contribution >= 0.6 is 25.3 Å². The lowest BCUT2D eigenvalue weighted by molar-refractivity contribution is -0.142. The van der Waals surface area contributed by atoms with E-state index in [0.717, 1.165) is 0 Å². The average molecular weight is 823 g/mol.